The van der Waals surface area contributed by atoms with Crippen molar-refractivity contribution in [3.8, 4) is 11.1 Å². The van der Waals surface area contributed by atoms with Gasteiger partial charge in [0.25, 0.3) is 5.91 Å². The summed E-state index contributed by atoms with van der Waals surface area (Å²) >= 11 is 8.53. The molecular weight excluding hydrogens is 478 g/mol. The fourth-order valence-electron chi connectivity index (χ4n) is 4.08. The lowest BCUT2D eigenvalue weighted by atomic mass is 9.95. The van der Waals surface area contributed by atoms with Crippen LogP contribution in [0.5, 0.6) is 0 Å². The Balaban J connectivity index is 1.51. The van der Waals surface area contributed by atoms with Crippen LogP contribution in [0.1, 0.15) is 44.1 Å². The van der Waals surface area contributed by atoms with Crippen molar-refractivity contribution in [3.63, 3.8) is 0 Å². The molecule has 0 unspecified atom stereocenters. The number of ether oxygens (including phenoxy) is 1. The number of benzene rings is 1. The number of carbonyl (C=O) groups excluding carboxylic acids is 2. The monoisotopic (exact) mass is 497 g/mol. The summed E-state index contributed by atoms with van der Waals surface area (Å²) in [5.41, 5.74) is 10.9. The first-order valence-corrected chi connectivity index (χ1v) is 12.5. The largest absolute Gasteiger partial charge is 0.465 e. The second-order valence-electron chi connectivity index (χ2n) is 7.80. The van der Waals surface area contributed by atoms with Gasteiger partial charge in [-0.25, -0.2) is 9.78 Å². The summed E-state index contributed by atoms with van der Waals surface area (Å²) in [5, 5.41) is 6.50. The summed E-state index contributed by atoms with van der Waals surface area (Å²) in [4.78, 5) is 31.7. The molecular formula is C24H20ClN3O3S2. The van der Waals surface area contributed by atoms with E-state index in [2.05, 4.69) is 11.4 Å². The van der Waals surface area contributed by atoms with Crippen LogP contribution in [0.2, 0.25) is 5.02 Å². The number of anilines is 2. The SMILES string of the molecule is COC(=O)c1c(-c2ccc(Cl)cc2)csc1NC(=O)c1sc2nc3c(cc2c1N)CCCC3. The molecule has 0 saturated carbocycles. The smallest absolute Gasteiger partial charge is 0.341 e. The highest BCUT2D eigenvalue weighted by Crippen LogP contribution is 2.39. The Kier molecular flexibility index (Phi) is 5.82. The minimum atomic E-state index is -0.532. The first kappa shape index (κ1) is 21.9. The minimum Gasteiger partial charge on any atom is -0.465 e. The predicted molar refractivity (Wildman–Crippen MR) is 135 cm³/mol. The Labute approximate surface area is 203 Å². The number of methoxy groups -OCH3 is 1. The van der Waals surface area contributed by atoms with Gasteiger partial charge < -0.3 is 15.8 Å². The summed E-state index contributed by atoms with van der Waals surface area (Å²) in [6, 6.07) is 9.21. The van der Waals surface area contributed by atoms with E-state index in [0.717, 1.165) is 47.2 Å². The summed E-state index contributed by atoms with van der Waals surface area (Å²) < 4.78 is 5.00. The fraction of sp³-hybridized carbons (Fsp3) is 0.208. The lowest BCUT2D eigenvalue weighted by molar-refractivity contribution is 0.0603. The van der Waals surface area contributed by atoms with Crippen molar-refractivity contribution < 1.29 is 14.3 Å². The van der Waals surface area contributed by atoms with Gasteiger partial charge >= 0.3 is 5.97 Å². The number of rotatable bonds is 4. The van der Waals surface area contributed by atoms with Crippen molar-refractivity contribution in [1.82, 2.24) is 4.98 Å². The Morgan fingerprint density at radius 2 is 1.94 bits per heavy atom. The molecule has 3 N–H and O–H groups in total. The summed E-state index contributed by atoms with van der Waals surface area (Å²) in [6.07, 6.45) is 4.21. The van der Waals surface area contributed by atoms with Crippen LogP contribution in [-0.2, 0) is 17.6 Å². The molecule has 0 atom stereocenters. The van der Waals surface area contributed by atoms with E-state index in [0.29, 0.717) is 31.7 Å². The van der Waals surface area contributed by atoms with Crippen LogP contribution in [-0.4, -0.2) is 24.0 Å². The number of carbonyl (C=O) groups is 2. The van der Waals surface area contributed by atoms with Gasteiger partial charge in [-0.15, -0.1) is 22.7 Å². The molecule has 4 aromatic rings. The fourth-order valence-corrected chi connectivity index (χ4v) is 6.15. The van der Waals surface area contributed by atoms with Gasteiger partial charge in [-0.3, -0.25) is 4.79 Å². The van der Waals surface area contributed by atoms with Gasteiger partial charge in [-0.1, -0.05) is 23.7 Å². The van der Waals surface area contributed by atoms with Crippen LogP contribution in [0.25, 0.3) is 21.3 Å². The number of amides is 1. The molecule has 0 fully saturated rings. The molecule has 3 heterocycles. The molecule has 0 aliphatic heterocycles. The van der Waals surface area contributed by atoms with E-state index in [1.54, 1.807) is 12.1 Å². The zero-order valence-electron chi connectivity index (χ0n) is 17.7. The van der Waals surface area contributed by atoms with Gasteiger partial charge in [0.1, 0.15) is 20.3 Å². The predicted octanol–water partition coefficient (Wildman–Crippen LogP) is 6.18. The molecule has 6 nitrogen and oxygen atoms in total. The van der Waals surface area contributed by atoms with E-state index in [4.69, 9.17) is 27.1 Å². The highest BCUT2D eigenvalue weighted by molar-refractivity contribution is 7.21. The second-order valence-corrected chi connectivity index (χ2v) is 10.1. The van der Waals surface area contributed by atoms with Gasteiger partial charge in [0, 0.05) is 27.0 Å². The van der Waals surface area contributed by atoms with Crippen LogP contribution in [0.3, 0.4) is 0 Å². The number of nitrogens with two attached hydrogens (primary N) is 1. The van der Waals surface area contributed by atoms with Gasteiger partial charge in [0.15, 0.2) is 0 Å². The number of hydrogen-bond donors (Lipinski definition) is 2. The van der Waals surface area contributed by atoms with Gasteiger partial charge in [-0.2, -0.15) is 0 Å². The molecule has 5 rings (SSSR count). The third-order valence-electron chi connectivity index (χ3n) is 5.77. The van der Waals surface area contributed by atoms with Gasteiger partial charge in [-0.05, 0) is 55.0 Å². The van der Waals surface area contributed by atoms with Crippen molar-refractivity contribution >= 4 is 67.1 Å². The van der Waals surface area contributed by atoms with Gasteiger partial charge in [0.2, 0.25) is 0 Å². The minimum absolute atomic E-state index is 0.298. The normalized spacial score (nSPS) is 13.0. The maximum atomic E-state index is 13.2. The van der Waals surface area contributed by atoms with Crippen molar-refractivity contribution in [2.45, 2.75) is 25.7 Å². The Morgan fingerprint density at radius 1 is 1.18 bits per heavy atom. The third-order valence-corrected chi connectivity index (χ3v) is 8.03. The number of thiophene rings is 2. The Hall–Kier alpha value is -2.94. The molecule has 33 heavy (non-hydrogen) atoms. The van der Waals surface area contributed by atoms with Crippen LogP contribution >= 0.6 is 34.3 Å². The van der Waals surface area contributed by atoms with E-state index >= 15 is 0 Å². The average molecular weight is 498 g/mol. The van der Waals surface area contributed by atoms with Crippen LogP contribution in [0.15, 0.2) is 35.7 Å². The topological polar surface area (TPSA) is 94.3 Å². The first-order valence-electron chi connectivity index (χ1n) is 10.4. The molecule has 3 aromatic heterocycles. The van der Waals surface area contributed by atoms with Crippen LogP contribution in [0.4, 0.5) is 10.7 Å². The lowest BCUT2D eigenvalue weighted by Crippen LogP contribution is -2.14. The number of aryl methyl sites for hydroxylation is 2. The zero-order valence-corrected chi connectivity index (χ0v) is 20.1. The number of nitrogens with one attached hydrogen (secondary N) is 1. The number of esters is 1. The molecule has 1 aliphatic carbocycles. The number of nitrogens with zero attached hydrogens (tertiary/aromatic N) is 1. The average Bonchev–Trinajstić information content (AvgIpc) is 3.38. The molecule has 1 amide bonds. The summed E-state index contributed by atoms with van der Waals surface area (Å²) in [7, 11) is 1.31. The molecule has 9 heteroatoms. The second kappa shape index (κ2) is 8.78. The highest BCUT2D eigenvalue weighted by atomic mass is 35.5. The number of hydrogen-bond acceptors (Lipinski definition) is 7. The van der Waals surface area contributed by atoms with Crippen molar-refractivity contribution in [2.75, 3.05) is 18.2 Å². The molecule has 0 radical (unpaired) electrons. The van der Waals surface area contributed by atoms with Crippen LogP contribution in [0, 0.1) is 0 Å². The van der Waals surface area contributed by atoms with Gasteiger partial charge in [0.05, 0.1) is 12.8 Å². The summed E-state index contributed by atoms with van der Waals surface area (Å²) in [5.74, 6) is -0.904. The number of aromatic nitrogens is 1. The van der Waals surface area contributed by atoms with E-state index in [-0.39, 0.29) is 5.91 Å². The maximum absolute atomic E-state index is 13.2. The summed E-state index contributed by atoms with van der Waals surface area (Å²) in [6.45, 7) is 0. The van der Waals surface area contributed by atoms with Crippen molar-refractivity contribution in [3.05, 3.63) is 62.4 Å². The Morgan fingerprint density at radius 3 is 2.70 bits per heavy atom. The van der Waals surface area contributed by atoms with Crippen molar-refractivity contribution in [1.29, 1.82) is 0 Å². The molecule has 0 bridgehead atoms. The molecule has 0 saturated heterocycles. The number of nitrogen functional groups attached to an aromatic ring is 1. The third kappa shape index (κ3) is 3.99. The zero-order chi connectivity index (χ0) is 23.1. The molecule has 1 aromatic carbocycles. The van der Waals surface area contributed by atoms with E-state index in [1.165, 1.54) is 35.3 Å². The van der Waals surface area contributed by atoms with E-state index in [9.17, 15) is 9.59 Å². The number of halogens is 1. The lowest BCUT2D eigenvalue weighted by Gasteiger charge is -2.14. The first-order chi connectivity index (χ1) is 16.0. The van der Waals surface area contributed by atoms with Crippen LogP contribution < -0.4 is 11.1 Å². The number of pyridine rings is 1. The highest BCUT2D eigenvalue weighted by Gasteiger charge is 2.25. The maximum Gasteiger partial charge on any atom is 0.341 e. The van der Waals surface area contributed by atoms with Crippen molar-refractivity contribution in [2.24, 2.45) is 0 Å². The quantitative estimate of drug-likeness (QED) is 0.328. The number of fused-ring (bicyclic) bond motifs is 2. The molecule has 168 valence electrons. The Bertz CT molecular complexity index is 1390. The standard InChI is InChI=1S/C24H20ClN3O3S2/c1-31-24(30)18-16(12-6-8-14(25)9-7-12)11-32-23(18)28-21(29)20-19(26)15-10-13-4-2-3-5-17(13)27-22(15)33-20/h6-11H,2-5,26H2,1H3,(H,28,29). The van der Waals surface area contributed by atoms with E-state index < -0.39 is 5.97 Å². The van der Waals surface area contributed by atoms with E-state index in [1.807, 2.05) is 17.5 Å². The molecule has 0 spiro atoms. The molecule has 1 aliphatic rings.